The van der Waals surface area contributed by atoms with E-state index in [2.05, 4.69) is 15.4 Å². The highest BCUT2D eigenvalue weighted by atomic mass is 19.1. The van der Waals surface area contributed by atoms with E-state index in [9.17, 15) is 23.6 Å². The van der Waals surface area contributed by atoms with Crippen LogP contribution in [-0.4, -0.2) is 48.9 Å². The van der Waals surface area contributed by atoms with Crippen molar-refractivity contribution in [1.82, 2.24) is 10.6 Å². The van der Waals surface area contributed by atoms with E-state index in [1.54, 1.807) is 0 Å². The number of methoxy groups -OCH3 is 1. The van der Waals surface area contributed by atoms with Crippen molar-refractivity contribution in [3.05, 3.63) is 24.3 Å². The molecule has 0 aromatic carbocycles. The van der Waals surface area contributed by atoms with Gasteiger partial charge in [0.15, 0.2) is 11.5 Å². The van der Waals surface area contributed by atoms with Crippen LogP contribution >= 0.6 is 0 Å². The molecule has 0 saturated heterocycles. The van der Waals surface area contributed by atoms with E-state index in [4.69, 9.17) is 0 Å². The lowest BCUT2D eigenvalue weighted by molar-refractivity contribution is -0.141. The van der Waals surface area contributed by atoms with Crippen molar-refractivity contribution in [3.63, 3.8) is 0 Å². The highest BCUT2D eigenvalue weighted by molar-refractivity contribution is 6.00. The molecule has 1 rings (SSSR count). The first-order valence-corrected chi connectivity index (χ1v) is 6.49. The zero-order valence-electron chi connectivity index (χ0n) is 12.2. The lowest BCUT2D eigenvalue weighted by atomic mass is 9.91. The van der Waals surface area contributed by atoms with E-state index in [0.717, 1.165) is 31.4 Å². The average molecular weight is 312 g/mol. The number of allylic oxidation sites excluding steroid dienone is 4. The second-order valence-electron chi connectivity index (χ2n) is 4.75. The summed E-state index contributed by atoms with van der Waals surface area (Å²) < 4.78 is 18.9. The van der Waals surface area contributed by atoms with E-state index >= 15 is 0 Å². The van der Waals surface area contributed by atoms with Gasteiger partial charge in [0.25, 0.3) is 0 Å². The molecule has 1 atom stereocenters. The second-order valence-corrected chi connectivity index (χ2v) is 4.75. The number of ketones is 1. The van der Waals surface area contributed by atoms with E-state index < -0.39 is 42.5 Å². The summed E-state index contributed by atoms with van der Waals surface area (Å²) >= 11 is 0. The summed E-state index contributed by atoms with van der Waals surface area (Å²) in [6, 6.07) is -1.20. The van der Waals surface area contributed by atoms with Gasteiger partial charge in [-0.05, 0) is 24.3 Å². The van der Waals surface area contributed by atoms with Crippen LogP contribution in [0.4, 0.5) is 4.39 Å². The number of rotatable bonds is 6. The highest BCUT2D eigenvalue weighted by Crippen LogP contribution is 2.25. The number of ether oxygens (including phenoxy) is 1. The third-order valence-corrected chi connectivity index (χ3v) is 2.89. The Bertz CT molecular complexity index is 525. The molecule has 0 unspecified atom stereocenters. The van der Waals surface area contributed by atoms with Crippen LogP contribution in [0.15, 0.2) is 24.3 Å². The summed E-state index contributed by atoms with van der Waals surface area (Å²) in [5.41, 5.74) is -2.04. The maximum atomic E-state index is 14.5. The molecule has 0 heterocycles. The van der Waals surface area contributed by atoms with Gasteiger partial charge >= 0.3 is 5.97 Å². The van der Waals surface area contributed by atoms with Gasteiger partial charge in [0.2, 0.25) is 11.8 Å². The fourth-order valence-corrected chi connectivity index (χ4v) is 1.81. The summed E-state index contributed by atoms with van der Waals surface area (Å²) in [5.74, 6) is -2.29. The van der Waals surface area contributed by atoms with Crippen molar-refractivity contribution in [2.45, 2.75) is 25.1 Å². The molecule has 2 N–H and O–H groups in total. The largest absolute Gasteiger partial charge is 0.468 e. The minimum absolute atomic E-state index is 0.362. The van der Waals surface area contributed by atoms with Gasteiger partial charge in [-0.15, -0.1) is 0 Å². The zero-order chi connectivity index (χ0) is 16.8. The van der Waals surface area contributed by atoms with E-state index in [-0.39, 0.29) is 5.78 Å². The van der Waals surface area contributed by atoms with Crippen molar-refractivity contribution in [2.75, 3.05) is 13.7 Å². The first kappa shape index (κ1) is 17.5. The number of hydrogen-bond acceptors (Lipinski definition) is 5. The maximum Gasteiger partial charge on any atom is 0.325 e. The normalized spacial score (nSPS) is 16.8. The van der Waals surface area contributed by atoms with Gasteiger partial charge in [-0.2, -0.15) is 0 Å². The SMILES string of the molecule is COC(=O)CNC(=O)[C@H](CC1(F)C=CC(=O)C=C1)NC(C)=O. The minimum atomic E-state index is -2.04. The molecule has 120 valence electrons. The molecule has 0 saturated carbocycles. The lowest BCUT2D eigenvalue weighted by Crippen LogP contribution is -2.50. The predicted molar refractivity (Wildman–Crippen MR) is 74.4 cm³/mol. The molecule has 1 aliphatic carbocycles. The minimum Gasteiger partial charge on any atom is -0.468 e. The number of alkyl halides is 1. The molecule has 1 aliphatic rings. The molecule has 0 fully saturated rings. The Hall–Kier alpha value is -2.51. The number of halogens is 1. The Morgan fingerprint density at radius 3 is 2.41 bits per heavy atom. The molecule has 0 bridgehead atoms. The van der Waals surface area contributed by atoms with Gasteiger partial charge < -0.3 is 15.4 Å². The number of carbonyl (C=O) groups is 4. The Balaban J connectivity index is 2.76. The third-order valence-electron chi connectivity index (χ3n) is 2.89. The lowest BCUT2D eigenvalue weighted by Gasteiger charge is -2.25. The van der Waals surface area contributed by atoms with Gasteiger partial charge in [0.05, 0.1) is 7.11 Å². The Labute approximate surface area is 126 Å². The fraction of sp³-hybridized carbons (Fsp3) is 0.429. The molecule has 0 aliphatic heterocycles. The number of amides is 2. The molecule has 0 spiro atoms. The van der Waals surface area contributed by atoms with Crippen molar-refractivity contribution in [2.24, 2.45) is 0 Å². The summed E-state index contributed by atoms with van der Waals surface area (Å²) in [6.07, 6.45) is 3.75. The van der Waals surface area contributed by atoms with E-state index in [1.807, 2.05) is 0 Å². The van der Waals surface area contributed by atoms with Crippen molar-refractivity contribution < 1.29 is 28.3 Å². The zero-order valence-corrected chi connectivity index (χ0v) is 12.2. The number of carbonyl (C=O) groups excluding carboxylic acids is 4. The van der Waals surface area contributed by atoms with Crippen LogP contribution in [0, 0.1) is 0 Å². The molecular formula is C14H17FN2O5. The van der Waals surface area contributed by atoms with Gasteiger partial charge in [0, 0.05) is 13.3 Å². The van der Waals surface area contributed by atoms with Crippen LogP contribution in [0.25, 0.3) is 0 Å². The van der Waals surface area contributed by atoms with Crippen LogP contribution in [-0.2, 0) is 23.9 Å². The predicted octanol–water partition coefficient (Wildman–Crippen LogP) is -0.426. The smallest absolute Gasteiger partial charge is 0.325 e. The average Bonchev–Trinajstić information content (AvgIpc) is 2.46. The van der Waals surface area contributed by atoms with Crippen LogP contribution in [0.5, 0.6) is 0 Å². The Morgan fingerprint density at radius 1 is 1.32 bits per heavy atom. The molecule has 8 heteroatoms. The molecule has 0 aromatic rings. The first-order valence-electron chi connectivity index (χ1n) is 6.49. The van der Waals surface area contributed by atoms with Crippen molar-refractivity contribution >= 4 is 23.6 Å². The summed E-state index contributed by atoms with van der Waals surface area (Å²) in [7, 11) is 1.16. The molecule has 0 radical (unpaired) electrons. The van der Waals surface area contributed by atoms with E-state index in [0.29, 0.717) is 0 Å². The molecular weight excluding hydrogens is 295 g/mol. The maximum absolute atomic E-state index is 14.5. The van der Waals surface area contributed by atoms with Crippen LogP contribution in [0.3, 0.4) is 0 Å². The third kappa shape index (κ3) is 5.47. The molecule has 2 amide bonds. The van der Waals surface area contributed by atoms with Crippen LogP contribution in [0.1, 0.15) is 13.3 Å². The fourth-order valence-electron chi connectivity index (χ4n) is 1.81. The topological polar surface area (TPSA) is 102 Å². The van der Waals surface area contributed by atoms with Crippen LogP contribution < -0.4 is 10.6 Å². The summed E-state index contributed by atoms with van der Waals surface area (Å²) in [4.78, 5) is 45.1. The van der Waals surface area contributed by atoms with Gasteiger partial charge in [0.1, 0.15) is 12.6 Å². The highest BCUT2D eigenvalue weighted by Gasteiger charge is 2.33. The monoisotopic (exact) mass is 312 g/mol. The number of nitrogens with one attached hydrogen (secondary N) is 2. The summed E-state index contributed by atoms with van der Waals surface area (Å²) in [5, 5.41) is 4.55. The quantitative estimate of drug-likeness (QED) is 0.648. The number of esters is 1. The van der Waals surface area contributed by atoms with Crippen LogP contribution in [0.2, 0.25) is 0 Å². The molecule has 7 nitrogen and oxygen atoms in total. The van der Waals surface area contributed by atoms with Gasteiger partial charge in [-0.1, -0.05) is 0 Å². The Morgan fingerprint density at radius 2 is 1.91 bits per heavy atom. The molecule has 22 heavy (non-hydrogen) atoms. The Kier molecular flexibility index (Phi) is 5.97. The standard InChI is InChI=1S/C14H17FN2O5/c1-9(18)17-11(13(21)16-8-12(20)22-2)7-14(15)5-3-10(19)4-6-14/h3-6,11H,7-8H2,1-2H3,(H,16,21)(H,17,18)/t11-/m0/s1. The van der Waals surface area contributed by atoms with Gasteiger partial charge in [-0.25, -0.2) is 4.39 Å². The molecule has 0 aromatic heterocycles. The van der Waals surface area contributed by atoms with Crippen molar-refractivity contribution in [3.8, 4) is 0 Å². The van der Waals surface area contributed by atoms with E-state index in [1.165, 1.54) is 6.92 Å². The first-order chi connectivity index (χ1) is 10.3. The second kappa shape index (κ2) is 7.48. The van der Waals surface area contributed by atoms with Crippen molar-refractivity contribution in [1.29, 1.82) is 0 Å². The van der Waals surface area contributed by atoms with Gasteiger partial charge in [-0.3, -0.25) is 19.2 Å². The summed E-state index contributed by atoms with van der Waals surface area (Å²) in [6.45, 7) is 0.788. The number of hydrogen-bond donors (Lipinski definition) is 2.